The Morgan fingerprint density at radius 1 is 1.32 bits per heavy atom. The maximum atomic E-state index is 13.2. The molecular formula is C21H28ClN3O3. The van der Waals surface area contributed by atoms with Gasteiger partial charge in [-0.25, -0.2) is 0 Å². The molecule has 0 radical (unpaired) electrons. The van der Waals surface area contributed by atoms with Gasteiger partial charge in [-0.1, -0.05) is 18.5 Å². The van der Waals surface area contributed by atoms with E-state index in [0.29, 0.717) is 11.6 Å². The highest BCUT2D eigenvalue weighted by Crippen LogP contribution is 2.39. The van der Waals surface area contributed by atoms with Crippen LogP contribution in [0, 0.1) is 19.8 Å². The molecule has 1 saturated heterocycles. The Kier molecular flexibility index (Phi) is 6.18. The first-order chi connectivity index (χ1) is 13.4. The summed E-state index contributed by atoms with van der Waals surface area (Å²) in [6.07, 6.45) is 1.90. The van der Waals surface area contributed by atoms with Crippen molar-refractivity contribution in [1.82, 2.24) is 14.7 Å². The van der Waals surface area contributed by atoms with Crippen molar-refractivity contribution in [2.45, 2.75) is 46.2 Å². The first-order valence-electron chi connectivity index (χ1n) is 9.59. The molecule has 2 heterocycles. The third kappa shape index (κ3) is 3.83. The molecule has 0 unspecified atom stereocenters. The fourth-order valence-corrected chi connectivity index (χ4v) is 4.06. The lowest BCUT2D eigenvalue weighted by Crippen LogP contribution is -2.36. The predicted molar refractivity (Wildman–Crippen MR) is 109 cm³/mol. The number of benzene rings is 1. The van der Waals surface area contributed by atoms with E-state index in [9.17, 15) is 4.79 Å². The molecule has 1 aromatic carbocycles. The molecule has 152 valence electrons. The summed E-state index contributed by atoms with van der Waals surface area (Å²) >= 11 is 6.25. The fourth-order valence-electron chi connectivity index (χ4n) is 3.92. The standard InChI is InChI=1S/C21H28ClN3O3/c1-13(12-25-15(3)20(22)14(2)23-25)21(26)24-10-6-7-18(24)17-9-8-16(27-4)11-19(17)28-5/h8-9,11,13,18H,6-7,10,12H2,1-5H3/t13-,18+/m0/s1. The maximum absolute atomic E-state index is 13.2. The van der Waals surface area contributed by atoms with Crippen LogP contribution in [0.1, 0.15) is 42.8 Å². The average Bonchev–Trinajstić information content (AvgIpc) is 3.28. The summed E-state index contributed by atoms with van der Waals surface area (Å²) < 4.78 is 12.7. The number of rotatable bonds is 6. The average molecular weight is 406 g/mol. The van der Waals surface area contributed by atoms with E-state index in [2.05, 4.69) is 5.10 Å². The summed E-state index contributed by atoms with van der Waals surface area (Å²) in [4.78, 5) is 15.2. The normalized spacial score (nSPS) is 17.6. The van der Waals surface area contributed by atoms with E-state index in [-0.39, 0.29) is 17.9 Å². The highest BCUT2D eigenvalue weighted by Gasteiger charge is 2.34. The number of hydrogen-bond donors (Lipinski definition) is 0. The third-order valence-corrected chi connectivity index (χ3v) is 6.04. The van der Waals surface area contributed by atoms with Crippen LogP contribution in [0.25, 0.3) is 0 Å². The summed E-state index contributed by atoms with van der Waals surface area (Å²) in [6, 6.07) is 5.80. The molecule has 2 atom stereocenters. The zero-order valence-electron chi connectivity index (χ0n) is 17.2. The topological polar surface area (TPSA) is 56.6 Å². The molecule has 1 aliphatic rings. The van der Waals surface area contributed by atoms with Crippen molar-refractivity contribution in [3.63, 3.8) is 0 Å². The summed E-state index contributed by atoms with van der Waals surface area (Å²) in [5, 5.41) is 5.13. The first kappa shape index (κ1) is 20.5. The smallest absolute Gasteiger partial charge is 0.227 e. The van der Waals surface area contributed by atoms with Gasteiger partial charge in [0, 0.05) is 18.2 Å². The number of nitrogens with zero attached hydrogens (tertiary/aromatic N) is 3. The molecule has 3 rings (SSSR count). The predicted octanol–water partition coefficient (Wildman–Crippen LogP) is 4.17. The minimum Gasteiger partial charge on any atom is -0.497 e. The summed E-state index contributed by atoms with van der Waals surface area (Å²) in [6.45, 7) is 7.03. The molecule has 7 heteroatoms. The minimum atomic E-state index is -0.195. The zero-order valence-corrected chi connectivity index (χ0v) is 17.9. The van der Waals surface area contributed by atoms with Gasteiger partial charge in [-0.3, -0.25) is 9.48 Å². The Balaban J connectivity index is 1.80. The maximum Gasteiger partial charge on any atom is 0.227 e. The molecule has 28 heavy (non-hydrogen) atoms. The molecule has 0 saturated carbocycles. The van der Waals surface area contributed by atoms with E-state index in [1.54, 1.807) is 14.2 Å². The summed E-state index contributed by atoms with van der Waals surface area (Å²) in [5.74, 6) is 1.43. The van der Waals surface area contributed by atoms with Crippen molar-refractivity contribution in [3.05, 3.63) is 40.2 Å². The number of carbonyl (C=O) groups is 1. The van der Waals surface area contributed by atoms with Crippen LogP contribution in [-0.2, 0) is 11.3 Å². The number of aromatic nitrogens is 2. The van der Waals surface area contributed by atoms with Crippen molar-refractivity contribution >= 4 is 17.5 Å². The number of hydrogen-bond acceptors (Lipinski definition) is 4. The number of halogens is 1. The molecule has 1 aromatic heterocycles. The van der Waals surface area contributed by atoms with Crippen molar-refractivity contribution in [2.75, 3.05) is 20.8 Å². The van der Waals surface area contributed by atoms with Crippen molar-refractivity contribution in [3.8, 4) is 11.5 Å². The number of ether oxygens (including phenoxy) is 2. The second-order valence-electron chi connectivity index (χ2n) is 7.37. The Bertz CT molecular complexity index is 865. The zero-order chi connectivity index (χ0) is 20.4. The van der Waals surface area contributed by atoms with E-state index in [0.717, 1.165) is 47.8 Å². The van der Waals surface area contributed by atoms with Crippen LogP contribution in [0.3, 0.4) is 0 Å². The SMILES string of the molecule is COc1ccc([C@H]2CCCN2C(=O)[C@@H](C)Cn2nc(C)c(Cl)c2C)c(OC)c1. The fraction of sp³-hybridized carbons (Fsp3) is 0.524. The first-order valence-corrected chi connectivity index (χ1v) is 9.97. The molecule has 0 aliphatic carbocycles. The lowest BCUT2D eigenvalue weighted by atomic mass is 10.0. The number of carbonyl (C=O) groups excluding carboxylic acids is 1. The van der Waals surface area contributed by atoms with E-state index < -0.39 is 0 Å². The highest BCUT2D eigenvalue weighted by atomic mass is 35.5. The number of likely N-dealkylation sites (tertiary alicyclic amines) is 1. The van der Waals surface area contributed by atoms with Gasteiger partial charge < -0.3 is 14.4 Å². The van der Waals surface area contributed by atoms with Crippen LogP contribution in [0.2, 0.25) is 5.02 Å². The van der Waals surface area contributed by atoms with Gasteiger partial charge in [0.05, 0.1) is 49.1 Å². The Morgan fingerprint density at radius 2 is 2.07 bits per heavy atom. The van der Waals surface area contributed by atoms with Crippen LogP contribution >= 0.6 is 11.6 Å². The molecule has 0 N–H and O–H groups in total. The van der Waals surface area contributed by atoms with Gasteiger partial charge in [0.25, 0.3) is 0 Å². The molecule has 1 amide bonds. The van der Waals surface area contributed by atoms with E-state index in [4.69, 9.17) is 21.1 Å². The number of methoxy groups -OCH3 is 2. The number of amides is 1. The Labute approximate surface area is 171 Å². The van der Waals surface area contributed by atoms with Crippen LogP contribution in [0.5, 0.6) is 11.5 Å². The highest BCUT2D eigenvalue weighted by molar-refractivity contribution is 6.31. The largest absolute Gasteiger partial charge is 0.497 e. The number of aryl methyl sites for hydroxylation is 1. The van der Waals surface area contributed by atoms with Crippen LogP contribution in [0.15, 0.2) is 18.2 Å². The van der Waals surface area contributed by atoms with Crippen LogP contribution < -0.4 is 9.47 Å². The lowest BCUT2D eigenvalue weighted by Gasteiger charge is -2.29. The van der Waals surface area contributed by atoms with Gasteiger partial charge in [0.1, 0.15) is 11.5 Å². The summed E-state index contributed by atoms with van der Waals surface area (Å²) in [5.41, 5.74) is 2.71. The second kappa shape index (κ2) is 8.43. The third-order valence-electron chi connectivity index (χ3n) is 5.50. The van der Waals surface area contributed by atoms with E-state index in [1.807, 2.05) is 48.6 Å². The Hall–Kier alpha value is -2.21. The van der Waals surface area contributed by atoms with Gasteiger partial charge >= 0.3 is 0 Å². The molecule has 2 aromatic rings. The van der Waals surface area contributed by atoms with Crippen molar-refractivity contribution in [2.24, 2.45) is 5.92 Å². The van der Waals surface area contributed by atoms with Crippen LogP contribution in [0.4, 0.5) is 0 Å². The quantitative estimate of drug-likeness (QED) is 0.723. The molecule has 0 bridgehead atoms. The second-order valence-corrected chi connectivity index (χ2v) is 7.74. The van der Waals surface area contributed by atoms with Crippen LogP contribution in [-0.4, -0.2) is 41.4 Å². The van der Waals surface area contributed by atoms with E-state index in [1.165, 1.54) is 0 Å². The van der Waals surface area contributed by atoms with E-state index >= 15 is 0 Å². The monoisotopic (exact) mass is 405 g/mol. The molecule has 0 spiro atoms. The lowest BCUT2D eigenvalue weighted by molar-refractivity contribution is -0.136. The molecule has 6 nitrogen and oxygen atoms in total. The van der Waals surface area contributed by atoms with Gasteiger partial charge in [0.15, 0.2) is 0 Å². The Morgan fingerprint density at radius 3 is 2.68 bits per heavy atom. The van der Waals surface area contributed by atoms with Crippen molar-refractivity contribution in [1.29, 1.82) is 0 Å². The molecule has 1 fully saturated rings. The van der Waals surface area contributed by atoms with Gasteiger partial charge in [-0.2, -0.15) is 5.10 Å². The molecule has 1 aliphatic heterocycles. The minimum absolute atomic E-state index is 0.0137. The van der Waals surface area contributed by atoms with Gasteiger partial charge in [-0.15, -0.1) is 0 Å². The van der Waals surface area contributed by atoms with Gasteiger partial charge in [-0.05, 0) is 38.8 Å². The van der Waals surface area contributed by atoms with Gasteiger partial charge in [0.2, 0.25) is 5.91 Å². The van der Waals surface area contributed by atoms with Crippen molar-refractivity contribution < 1.29 is 14.3 Å². The molecular weight excluding hydrogens is 378 g/mol. The summed E-state index contributed by atoms with van der Waals surface area (Å²) in [7, 11) is 3.28.